The molecule has 0 saturated heterocycles. The van der Waals surface area contributed by atoms with Gasteiger partial charge in [0.05, 0.1) is 17.3 Å². The zero-order valence-corrected chi connectivity index (χ0v) is 14.1. The lowest BCUT2D eigenvalue weighted by molar-refractivity contribution is -0.122. The maximum Gasteiger partial charge on any atom is 0.244 e. The summed E-state index contributed by atoms with van der Waals surface area (Å²) in [4.78, 5) is 31.7. The summed E-state index contributed by atoms with van der Waals surface area (Å²) >= 11 is 0. The molecule has 1 heterocycles. The summed E-state index contributed by atoms with van der Waals surface area (Å²) in [6.07, 6.45) is 2.52. The minimum atomic E-state index is -0.370. The van der Waals surface area contributed by atoms with E-state index < -0.39 is 0 Å². The zero-order chi connectivity index (χ0) is 18.1. The molecule has 1 aliphatic heterocycles. The second-order valence-corrected chi connectivity index (χ2v) is 6.52. The van der Waals surface area contributed by atoms with E-state index in [2.05, 4.69) is 10.3 Å². The molecular formula is C20H18FN3O2. The summed E-state index contributed by atoms with van der Waals surface area (Å²) in [6.45, 7) is -0.105. The normalized spacial score (nSPS) is 18.7. The van der Waals surface area contributed by atoms with Crippen LogP contribution in [0.5, 0.6) is 0 Å². The Labute approximate surface area is 150 Å². The first-order valence-electron chi connectivity index (χ1n) is 8.65. The number of nitrogens with zero attached hydrogens (tertiary/aromatic N) is 2. The lowest BCUT2D eigenvalue weighted by atomic mass is 10.1. The van der Waals surface area contributed by atoms with Crippen molar-refractivity contribution in [2.24, 2.45) is 10.9 Å². The van der Waals surface area contributed by atoms with Crippen LogP contribution in [0.15, 0.2) is 53.5 Å². The van der Waals surface area contributed by atoms with Crippen LogP contribution in [0.3, 0.4) is 0 Å². The fraction of sp³-hybridized carbons (Fsp3) is 0.250. The Kier molecular flexibility index (Phi) is 4.24. The van der Waals surface area contributed by atoms with Gasteiger partial charge in [0.25, 0.3) is 0 Å². The SMILES string of the molecule is O=C(CN1C(=O)C2CCCC2=Nc2ccccc21)Nc1ccc(F)cc1. The molecule has 2 aliphatic rings. The topological polar surface area (TPSA) is 61.8 Å². The molecule has 132 valence electrons. The standard InChI is InChI=1S/C20H18FN3O2/c21-13-8-10-14(11-9-13)22-19(25)12-24-18-7-2-1-5-17(18)23-16-6-3-4-15(16)20(24)26/h1-2,5,7-11,15H,3-4,6,12H2,(H,22,25). The molecule has 2 aromatic rings. The van der Waals surface area contributed by atoms with Gasteiger partial charge in [-0.15, -0.1) is 0 Å². The van der Waals surface area contributed by atoms with Gasteiger partial charge in [-0.3, -0.25) is 14.6 Å². The molecule has 4 rings (SSSR count). The van der Waals surface area contributed by atoms with Crippen LogP contribution in [0.1, 0.15) is 19.3 Å². The van der Waals surface area contributed by atoms with Crippen LogP contribution in [0.2, 0.25) is 0 Å². The molecule has 1 aliphatic carbocycles. The molecule has 2 amide bonds. The Morgan fingerprint density at radius 2 is 1.96 bits per heavy atom. The monoisotopic (exact) mass is 351 g/mol. The summed E-state index contributed by atoms with van der Waals surface area (Å²) in [5.41, 5.74) is 2.76. The number of hydrogen-bond donors (Lipinski definition) is 1. The van der Waals surface area contributed by atoms with Gasteiger partial charge in [-0.1, -0.05) is 12.1 Å². The molecule has 0 aromatic heterocycles. The first-order valence-corrected chi connectivity index (χ1v) is 8.65. The van der Waals surface area contributed by atoms with E-state index in [4.69, 9.17) is 0 Å². The van der Waals surface area contributed by atoms with Gasteiger partial charge in [0.15, 0.2) is 0 Å². The first kappa shape index (κ1) is 16.4. The Morgan fingerprint density at radius 3 is 2.77 bits per heavy atom. The molecule has 1 unspecified atom stereocenters. The van der Waals surface area contributed by atoms with E-state index in [1.807, 2.05) is 24.3 Å². The van der Waals surface area contributed by atoms with Gasteiger partial charge in [-0.05, 0) is 55.7 Å². The Hall–Kier alpha value is -3.02. The highest BCUT2D eigenvalue weighted by Gasteiger charge is 2.36. The number of carbonyl (C=O) groups is 2. The number of fused-ring (bicyclic) bond motifs is 2. The van der Waals surface area contributed by atoms with Crippen LogP contribution in [-0.2, 0) is 9.59 Å². The van der Waals surface area contributed by atoms with Crippen LogP contribution >= 0.6 is 0 Å². The van der Waals surface area contributed by atoms with Crippen molar-refractivity contribution < 1.29 is 14.0 Å². The highest BCUT2D eigenvalue weighted by molar-refractivity contribution is 6.16. The van der Waals surface area contributed by atoms with Gasteiger partial charge >= 0.3 is 0 Å². The van der Waals surface area contributed by atoms with Crippen LogP contribution in [0.4, 0.5) is 21.5 Å². The molecule has 1 fully saturated rings. The van der Waals surface area contributed by atoms with Crippen molar-refractivity contribution in [1.29, 1.82) is 0 Å². The third-order valence-corrected chi connectivity index (χ3v) is 4.76. The Balaban J connectivity index is 1.59. The smallest absolute Gasteiger partial charge is 0.244 e. The second-order valence-electron chi connectivity index (χ2n) is 6.52. The number of aliphatic imine (C=N–C) groups is 1. The fourth-order valence-electron chi connectivity index (χ4n) is 3.52. The van der Waals surface area contributed by atoms with Crippen molar-refractivity contribution in [2.45, 2.75) is 19.3 Å². The number of carbonyl (C=O) groups excluding carboxylic acids is 2. The predicted molar refractivity (Wildman–Crippen MR) is 98.3 cm³/mol. The average molecular weight is 351 g/mol. The van der Waals surface area contributed by atoms with E-state index in [9.17, 15) is 14.0 Å². The third-order valence-electron chi connectivity index (χ3n) is 4.76. The average Bonchev–Trinajstić information content (AvgIpc) is 3.06. The number of para-hydroxylation sites is 2. The maximum absolute atomic E-state index is 13.0. The van der Waals surface area contributed by atoms with Gasteiger partial charge in [0, 0.05) is 11.4 Å². The summed E-state index contributed by atoms with van der Waals surface area (Å²) in [5, 5.41) is 2.71. The predicted octanol–water partition coefficient (Wildman–Crippen LogP) is 3.68. The fourth-order valence-corrected chi connectivity index (χ4v) is 3.52. The van der Waals surface area contributed by atoms with Crippen molar-refractivity contribution in [3.05, 3.63) is 54.3 Å². The van der Waals surface area contributed by atoms with Crippen molar-refractivity contribution >= 4 is 34.6 Å². The Bertz CT molecular complexity index is 892. The van der Waals surface area contributed by atoms with Crippen molar-refractivity contribution in [2.75, 3.05) is 16.8 Å². The lowest BCUT2D eigenvalue weighted by Crippen LogP contribution is -2.41. The molecular weight excluding hydrogens is 333 g/mol. The highest BCUT2D eigenvalue weighted by atomic mass is 19.1. The minimum absolute atomic E-state index is 0.0829. The van der Waals surface area contributed by atoms with Gasteiger partial charge < -0.3 is 10.2 Å². The molecule has 1 N–H and O–H groups in total. The van der Waals surface area contributed by atoms with Crippen molar-refractivity contribution in [1.82, 2.24) is 0 Å². The van der Waals surface area contributed by atoms with E-state index in [-0.39, 0.29) is 30.1 Å². The molecule has 0 bridgehead atoms. The molecule has 6 heteroatoms. The summed E-state index contributed by atoms with van der Waals surface area (Å²) in [6, 6.07) is 12.9. The number of rotatable bonds is 3. The molecule has 1 saturated carbocycles. The molecule has 0 radical (unpaired) electrons. The third kappa shape index (κ3) is 3.10. The van der Waals surface area contributed by atoms with E-state index in [1.54, 1.807) is 0 Å². The molecule has 1 atom stereocenters. The highest BCUT2D eigenvalue weighted by Crippen LogP contribution is 2.37. The maximum atomic E-state index is 13.0. The minimum Gasteiger partial charge on any atom is -0.325 e. The molecule has 5 nitrogen and oxygen atoms in total. The summed E-state index contributed by atoms with van der Waals surface area (Å²) in [7, 11) is 0. The van der Waals surface area contributed by atoms with Crippen LogP contribution < -0.4 is 10.2 Å². The molecule has 2 aromatic carbocycles. The second kappa shape index (κ2) is 6.71. The van der Waals surface area contributed by atoms with E-state index in [1.165, 1.54) is 29.2 Å². The number of amides is 2. The number of hydrogen-bond acceptors (Lipinski definition) is 3. The van der Waals surface area contributed by atoms with Crippen molar-refractivity contribution in [3.8, 4) is 0 Å². The van der Waals surface area contributed by atoms with E-state index in [0.29, 0.717) is 11.4 Å². The van der Waals surface area contributed by atoms with E-state index >= 15 is 0 Å². The van der Waals surface area contributed by atoms with Gasteiger partial charge in [-0.25, -0.2) is 4.39 Å². The molecule has 0 spiro atoms. The number of benzene rings is 2. The zero-order valence-electron chi connectivity index (χ0n) is 14.1. The van der Waals surface area contributed by atoms with Crippen LogP contribution in [-0.4, -0.2) is 24.1 Å². The van der Waals surface area contributed by atoms with E-state index in [0.717, 1.165) is 30.7 Å². The summed E-state index contributed by atoms with van der Waals surface area (Å²) < 4.78 is 13.0. The Morgan fingerprint density at radius 1 is 1.19 bits per heavy atom. The summed E-state index contributed by atoms with van der Waals surface area (Å²) in [5.74, 6) is -1.03. The van der Waals surface area contributed by atoms with Crippen LogP contribution in [0.25, 0.3) is 0 Å². The number of halogens is 1. The van der Waals surface area contributed by atoms with Gasteiger partial charge in [0.2, 0.25) is 11.8 Å². The van der Waals surface area contributed by atoms with Crippen LogP contribution in [0, 0.1) is 11.7 Å². The lowest BCUT2D eigenvalue weighted by Gasteiger charge is -2.24. The van der Waals surface area contributed by atoms with Gasteiger partial charge in [0.1, 0.15) is 12.4 Å². The quantitative estimate of drug-likeness (QED) is 0.917. The number of anilines is 2. The molecule has 26 heavy (non-hydrogen) atoms. The van der Waals surface area contributed by atoms with Gasteiger partial charge in [-0.2, -0.15) is 0 Å². The van der Waals surface area contributed by atoms with Crippen molar-refractivity contribution in [3.63, 3.8) is 0 Å². The first-order chi connectivity index (χ1) is 12.6. The number of nitrogens with one attached hydrogen (secondary N) is 1. The largest absolute Gasteiger partial charge is 0.325 e.